The molecule has 0 bridgehead atoms. The molecule has 2 heteroatoms. The van der Waals surface area contributed by atoms with E-state index in [1.807, 2.05) is 25.1 Å². The van der Waals surface area contributed by atoms with Crippen LogP contribution < -0.4 is 0 Å². The SMILES string of the molecule is Cc1ccc2c(c1)C(=O)C(CO)C2. The maximum Gasteiger partial charge on any atom is 0.168 e. The van der Waals surface area contributed by atoms with Crippen LogP contribution in [0.4, 0.5) is 0 Å². The second kappa shape index (κ2) is 2.96. The first kappa shape index (κ1) is 8.45. The third-order valence-electron chi connectivity index (χ3n) is 2.59. The molecule has 68 valence electrons. The van der Waals surface area contributed by atoms with Gasteiger partial charge >= 0.3 is 0 Å². The molecule has 1 aromatic rings. The van der Waals surface area contributed by atoms with Crippen molar-refractivity contribution < 1.29 is 9.90 Å². The average Bonchev–Trinajstić information content (AvgIpc) is 2.44. The first-order valence-corrected chi connectivity index (χ1v) is 4.47. The lowest BCUT2D eigenvalue weighted by Crippen LogP contribution is -2.12. The second-order valence-electron chi connectivity index (χ2n) is 3.61. The van der Waals surface area contributed by atoms with Gasteiger partial charge in [-0.2, -0.15) is 0 Å². The van der Waals surface area contributed by atoms with Gasteiger partial charge < -0.3 is 5.11 Å². The van der Waals surface area contributed by atoms with Gasteiger partial charge in [0.2, 0.25) is 0 Å². The van der Waals surface area contributed by atoms with Crippen LogP contribution in [-0.4, -0.2) is 17.5 Å². The molecular formula is C11H12O2. The van der Waals surface area contributed by atoms with Crippen LogP contribution in [0.1, 0.15) is 21.5 Å². The van der Waals surface area contributed by atoms with Crippen LogP contribution in [0.5, 0.6) is 0 Å². The Morgan fingerprint density at radius 3 is 3.00 bits per heavy atom. The zero-order valence-electron chi connectivity index (χ0n) is 7.58. The summed E-state index contributed by atoms with van der Waals surface area (Å²) >= 11 is 0. The molecule has 1 N–H and O–H groups in total. The van der Waals surface area contributed by atoms with Crippen molar-refractivity contribution in [2.24, 2.45) is 5.92 Å². The van der Waals surface area contributed by atoms with Gasteiger partial charge in [-0.15, -0.1) is 0 Å². The van der Waals surface area contributed by atoms with Crippen molar-refractivity contribution in [2.45, 2.75) is 13.3 Å². The van der Waals surface area contributed by atoms with Crippen LogP contribution in [-0.2, 0) is 6.42 Å². The zero-order valence-corrected chi connectivity index (χ0v) is 7.58. The molecule has 13 heavy (non-hydrogen) atoms. The summed E-state index contributed by atoms with van der Waals surface area (Å²) in [5, 5.41) is 8.96. The van der Waals surface area contributed by atoms with Crippen molar-refractivity contribution in [1.29, 1.82) is 0 Å². The predicted molar refractivity (Wildman–Crippen MR) is 49.8 cm³/mol. The number of carbonyl (C=O) groups is 1. The molecule has 1 aliphatic rings. The topological polar surface area (TPSA) is 37.3 Å². The summed E-state index contributed by atoms with van der Waals surface area (Å²) in [6.07, 6.45) is 0.699. The van der Waals surface area contributed by atoms with E-state index in [1.54, 1.807) is 0 Å². The van der Waals surface area contributed by atoms with Gasteiger partial charge in [0.1, 0.15) is 0 Å². The number of carbonyl (C=O) groups excluding carboxylic acids is 1. The molecule has 0 saturated heterocycles. The van der Waals surface area contributed by atoms with Crippen molar-refractivity contribution >= 4 is 5.78 Å². The number of fused-ring (bicyclic) bond motifs is 1. The maximum absolute atomic E-state index is 11.6. The molecule has 1 aliphatic carbocycles. The van der Waals surface area contributed by atoms with Gasteiger partial charge in [0.15, 0.2) is 5.78 Å². The summed E-state index contributed by atoms with van der Waals surface area (Å²) in [6, 6.07) is 5.90. The Morgan fingerprint density at radius 1 is 1.54 bits per heavy atom. The van der Waals surface area contributed by atoms with Crippen LogP contribution in [0.3, 0.4) is 0 Å². The molecule has 0 heterocycles. The molecule has 1 atom stereocenters. The van der Waals surface area contributed by atoms with Crippen LogP contribution in [0.2, 0.25) is 0 Å². The van der Waals surface area contributed by atoms with E-state index in [2.05, 4.69) is 0 Å². The number of aliphatic hydroxyl groups is 1. The molecule has 0 radical (unpaired) electrons. The van der Waals surface area contributed by atoms with Crippen molar-refractivity contribution in [2.75, 3.05) is 6.61 Å². The third-order valence-corrected chi connectivity index (χ3v) is 2.59. The molecule has 1 aromatic carbocycles. The summed E-state index contributed by atoms with van der Waals surface area (Å²) in [4.78, 5) is 11.6. The Morgan fingerprint density at radius 2 is 2.31 bits per heavy atom. The van der Waals surface area contributed by atoms with E-state index in [9.17, 15) is 4.79 Å². The Balaban J connectivity index is 2.45. The van der Waals surface area contributed by atoms with Gasteiger partial charge in [-0.1, -0.05) is 17.7 Å². The summed E-state index contributed by atoms with van der Waals surface area (Å²) in [5.41, 5.74) is 2.99. The fraction of sp³-hybridized carbons (Fsp3) is 0.364. The fourth-order valence-electron chi connectivity index (χ4n) is 1.82. The molecule has 1 unspecified atom stereocenters. The van der Waals surface area contributed by atoms with Gasteiger partial charge in [-0.25, -0.2) is 0 Å². The highest BCUT2D eigenvalue weighted by molar-refractivity contribution is 6.02. The number of rotatable bonds is 1. The quantitative estimate of drug-likeness (QED) is 0.701. The summed E-state index contributed by atoms with van der Waals surface area (Å²) in [6.45, 7) is 1.94. The summed E-state index contributed by atoms with van der Waals surface area (Å²) in [5.74, 6) is -0.0991. The highest BCUT2D eigenvalue weighted by atomic mass is 16.3. The number of ketones is 1. The molecule has 2 nitrogen and oxygen atoms in total. The number of aliphatic hydroxyl groups excluding tert-OH is 1. The molecule has 0 fully saturated rings. The van der Waals surface area contributed by atoms with Gasteiger partial charge in [0.05, 0.1) is 6.61 Å². The monoisotopic (exact) mass is 176 g/mol. The Kier molecular flexibility index (Phi) is 1.93. The number of hydrogen-bond acceptors (Lipinski definition) is 2. The normalized spacial score (nSPS) is 20.5. The predicted octanol–water partition coefficient (Wildman–Crippen LogP) is 1.34. The van der Waals surface area contributed by atoms with Crippen LogP contribution in [0.25, 0.3) is 0 Å². The highest BCUT2D eigenvalue weighted by Crippen LogP contribution is 2.26. The molecule has 0 saturated carbocycles. The lowest BCUT2D eigenvalue weighted by molar-refractivity contribution is 0.0883. The van der Waals surface area contributed by atoms with Gasteiger partial charge in [-0.3, -0.25) is 4.79 Å². The van der Waals surface area contributed by atoms with E-state index in [0.717, 1.165) is 16.7 Å². The van der Waals surface area contributed by atoms with Gasteiger partial charge in [-0.05, 0) is 25.0 Å². The first-order chi connectivity index (χ1) is 6.22. The molecule has 0 spiro atoms. The van der Waals surface area contributed by atoms with Crippen molar-refractivity contribution in [3.63, 3.8) is 0 Å². The molecule has 0 aromatic heterocycles. The number of hydrogen-bond donors (Lipinski definition) is 1. The summed E-state index contributed by atoms with van der Waals surface area (Å²) in [7, 11) is 0. The Labute approximate surface area is 77.2 Å². The minimum absolute atomic E-state index is 0.0352. The fourth-order valence-corrected chi connectivity index (χ4v) is 1.82. The lowest BCUT2D eigenvalue weighted by atomic mass is 10.1. The van der Waals surface area contributed by atoms with Crippen molar-refractivity contribution in [1.82, 2.24) is 0 Å². The molecule has 2 rings (SSSR count). The van der Waals surface area contributed by atoms with Gasteiger partial charge in [0, 0.05) is 11.5 Å². The smallest absolute Gasteiger partial charge is 0.168 e. The number of aryl methyl sites for hydroxylation is 1. The Hall–Kier alpha value is -1.15. The van der Waals surface area contributed by atoms with E-state index in [1.165, 1.54) is 0 Å². The largest absolute Gasteiger partial charge is 0.396 e. The third kappa shape index (κ3) is 1.27. The summed E-state index contributed by atoms with van der Waals surface area (Å²) < 4.78 is 0. The first-order valence-electron chi connectivity index (χ1n) is 4.47. The molecule has 0 amide bonds. The van der Waals surface area contributed by atoms with Crippen LogP contribution >= 0.6 is 0 Å². The van der Waals surface area contributed by atoms with Crippen molar-refractivity contribution in [3.8, 4) is 0 Å². The van der Waals surface area contributed by atoms with Crippen LogP contribution in [0, 0.1) is 12.8 Å². The Bertz CT molecular complexity index is 355. The maximum atomic E-state index is 11.6. The van der Waals surface area contributed by atoms with E-state index < -0.39 is 0 Å². The molecular weight excluding hydrogens is 164 g/mol. The van der Waals surface area contributed by atoms with Crippen LogP contribution in [0.15, 0.2) is 18.2 Å². The van der Waals surface area contributed by atoms with E-state index in [-0.39, 0.29) is 18.3 Å². The number of Topliss-reactive ketones (excluding diaryl/α,β-unsaturated/α-hetero) is 1. The van der Waals surface area contributed by atoms with Gasteiger partial charge in [0.25, 0.3) is 0 Å². The minimum Gasteiger partial charge on any atom is -0.396 e. The average molecular weight is 176 g/mol. The van der Waals surface area contributed by atoms with E-state index >= 15 is 0 Å². The second-order valence-corrected chi connectivity index (χ2v) is 3.61. The number of benzene rings is 1. The standard InChI is InChI=1S/C11H12O2/c1-7-2-3-8-5-9(6-12)11(13)10(8)4-7/h2-4,9,12H,5-6H2,1H3. The lowest BCUT2D eigenvalue weighted by Gasteiger charge is -1.99. The van der Waals surface area contributed by atoms with E-state index in [4.69, 9.17) is 5.11 Å². The van der Waals surface area contributed by atoms with Crippen molar-refractivity contribution in [3.05, 3.63) is 34.9 Å². The zero-order chi connectivity index (χ0) is 9.42. The minimum atomic E-state index is -0.197. The highest BCUT2D eigenvalue weighted by Gasteiger charge is 2.29. The molecule has 0 aliphatic heterocycles. The van der Waals surface area contributed by atoms with E-state index in [0.29, 0.717) is 6.42 Å².